The highest BCUT2D eigenvalue weighted by atomic mass is 32.2. The van der Waals surface area contributed by atoms with E-state index in [1.54, 1.807) is 53.4 Å². The quantitative estimate of drug-likeness (QED) is 0.390. The summed E-state index contributed by atoms with van der Waals surface area (Å²) in [6.07, 6.45) is 0.827. The molecular weight excluding hydrogens is 395 g/mol. The lowest BCUT2D eigenvalue weighted by Crippen LogP contribution is -2.24. The Morgan fingerprint density at radius 3 is 2.82 bits per heavy atom. The Hall–Kier alpha value is -2.38. The summed E-state index contributed by atoms with van der Waals surface area (Å²) < 4.78 is 18.6. The second kappa shape index (κ2) is 10.2. The maximum Gasteiger partial charge on any atom is 0.251 e. The zero-order valence-corrected chi connectivity index (χ0v) is 17.1. The highest BCUT2D eigenvalue weighted by molar-refractivity contribution is 7.99. The summed E-state index contributed by atoms with van der Waals surface area (Å²) in [6.45, 7) is 2.92. The first-order chi connectivity index (χ1) is 13.6. The van der Waals surface area contributed by atoms with Crippen LogP contribution in [0.5, 0.6) is 5.75 Å². The van der Waals surface area contributed by atoms with E-state index in [1.165, 1.54) is 12.1 Å². The fourth-order valence-corrected chi connectivity index (χ4v) is 3.91. The second-order valence-electron chi connectivity index (χ2n) is 6.09. The molecule has 3 aromatic rings. The molecule has 1 heterocycles. The van der Waals surface area contributed by atoms with E-state index in [1.807, 2.05) is 18.4 Å². The molecule has 0 radical (unpaired) electrons. The number of benzene rings is 2. The van der Waals surface area contributed by atoms with Crippen LogP contribution >= 0.6 is 23.1 Å². The van der Waals surface area contributed by atoms with E-state index in [-0.39, 0.29) is 11.7 Å². The van der Waals surface area contributed by atoms with Gasteiger partial charge in [0.1, 0.15) is 18.2 Å². The molecule has 7 heteroatoms. The monoisotopic (exact) mass is 416 g/mol. The van der Waals surface area contributed by atoms with Gasteiger partial charge in [-0.05, 0) is 61.6 Å². The molecule has 3 rings (SSSR count). The van der Waals surface area contributed by atoms with Gasteiger partial charge >= 0.3 is 0 Å². The summed E-state index contributed by atoms with van der Waals surface area (Å²) in [7, 11) is 0. The number of aryl methyl sites for hydroxylation is 1. The summed E-state index contributed by atoms with van der Waals surface area (Å²) in [5.74, 6) is 1.14. The number of thiazole rings is 1. The number of nitrogens with zero attached hydrogens (tertiary/aromatic N) is 1. The highest BCUT2D eigenvalue weighted by Crippen LogP contribution is 2.19. The largest absolute Gasteiger partial charge is 0.487 e. The fourth-order valence-electron chi connectivity index (χ4n) is 2.46. The molecule has 0 atom stereocenters. The number of ether oxygens (including phenoxy) is 1. The molecule has 2 aromatic carbocycles. The molecule has 1 amide bonds. The van der Waals surface area contributed by atoms with Crippen LogP contribution in [0.3, 0.4) is 0 Å². The van der Waals surface area contributed by atoms with Crippen LogP contribution in [0, 0.1) is 12.7 Å². The van der Waals surface area contributed by atoms with Crippen LogP contribution < -0.4 is 10.1 Å². The molecule has 0 aliphatic heterocycles. The number of hydrogen-bond donors (Lipinski definition) is 1. The van der Waals surface area contributed by atoms with Crippen molar-refractivity contribution in [1.29, 1.82) is 0 Å². The zero-order valence-electron chi connectivity index (χ0n) is 15.5. The first kappa shape index (κ1) is 20.4. The Bertz CT molecular complexity index is 913. The maximum absolute atomic E-state index is 12.9. The molecule has 28 heavy (non-hydrogen) atoms. The molecule has 0 spiro atoms. The number of carbonyl (C=O) groups is 1. The van der Waals surface area contributed by atoms with Gasteiger partial charge in [0.25, 0.3) is 5.91 Å². The van der Waals surface area contributed by atoms with E-state index in [0.717, 1.165) is 27.8 Å². The lowest BCUT2D eigenvalue weighted by atomic mass is 10.2. The molecular formula is C21H21FN2O2S2. The van der Waals surface area contributed by atoms with Crippen molar-refractivity contribution in [3.63, 3.8) is 0 Å². The lowest BCUT2D eigenvalue weighted by Gasteiger charge is -2.08. The summed E-state index contributed by atoms with van der Waals surface area (Å²) in [6, 6.07) is 13.6. The van der Waals surface area contributed by atoms with E-state index in [2.05, 4.69) is 10.3 Å². The predicted octanol–water partition coefficient (Wildman–Crippen LogP) is 5.08. The van der Waals surface area contributed by atoms with E-state index < -0.39 is 0 Å². The SMILES string of the molecule is Cc1nc(COc2cccc(C(=O)NCCCSc3ccc(F)cc3)c2)cs1. The van der Waals surface area contributed by atoms with Gasteiger partial charge in [0.15, 0.2) is 0 Å². The minimum atomic E-state index is -0.232. The van der Waals surface area contributed by atoms with Crippen LogP contribution in [-0.4, -0.2) is 23.2 Å². The number of aromatic nitrogens is 1. The van der Waals surface area contributed by atoms with E-state index in [4.69, 9.17) is 4.74 Å². The van der Waals surface area contributed by atoms with Gasteiger partial charge in [-0.25, -0.2) is 9.37 Å². The number of halogens is 1. The molecule has 0 unspecified atom stereocenters. The number of carbonyl (C=O) groups excluding carboxylic acids is 1. The van der Waals surface area contributed by atoms with Gasteiger partial charge < -0.3 is 10.1 Å². The summed E-state index contributed by atoms with van der Waals surface area (Å²) in [5, 5.41) is 5.89. The van der Waals surface area contributed by atoms with Crippen LogP contribution in [-0.2, 0) is 6.61 Å². The number of thioether (sulfide) groups is 1. The Balaban J connectivity index is 1.40. The molecule has 4 nitrogen and oxygen atoms in total. The molecule has 0 fully saturated rings. The Morgan fingerprint density at radius 1 is 1.25 bits per heavy atom. The standard InChI is InChI=1S/C21H21FN2O2S2/c1-15-24-18(14-28-15)13-26-19-5-2-4-16(12-19)21(25)23-10-3-11-27-20-8-6-17(22)7-9-20/h2,4-9,12,14H,3,10-11,13H2,1H3,(H,23,25). The molecule has 0 saturated carbocycles. The number of rotatable bonds is 9. The smallest absolute Gasteiger partial charge is 0.251 e. The summed E-state index contributed by atoms with van der Waals surface area (Å²) >= 11 is 3.23. The maximum atomic E-state index is 12.9. The third-order valence-electron chi connectivity index (χ3n) is 3.84. The number of amides is 1. The van der Waals surface area contributed by atoms with Crippen molar-refractivity contribution in [2.75, 3.05) is 12.3 Å². The van der Waals surface area contributed by atoms with Gasteiger partial charge in [-0.15, -0.1) is 23.1 Å². The third-order valence-corrected chi connectivity index (χ3v) is 5.76. The van der Waals surface area contributed by atoms with Gasteiger partial charge in [0.05, 0.1) is 10.7 Å². The van der Waals surface area contributed by atoms with E-state index >= 15 is 0 Å². The highest BCUT2D eigenvalue weighted by Gasteiger charge is 2.07. The van der Waals surface area contributed by atoms with Crippen molar-refractivity contribution in [2.45, 2.75) is 24.8 Å². The average Bonchev–Trinajstić information content (AvgIpc) is 3.13. The second-order valence-corrected chi connectivity index (χ2v) is 8.32. The molecule has 0 aliphatic carbocycles. The minimum absolute atomic E-state index is 0.123. The van der Waals surface area contributed by atoms with Crippen molar-refractivity contribution in [3.8, 4) is 5.75 Å². The molecule has 0 bridgehead atoms. The van der Waals surface area contributed by atoms with E-state index in [9.17, 15) is 9.18 Å². The molecule has 146 valence electrons. The Kier molecular flexibility index (Phi) is 7.45. The molecule has 0 aliphatic rings. The topological polar surface area (TPSA) is 51.2 Å². The van der Waals surface area contributed by atoms with Gasteiger partial charge in [0, 0.05) is 22.4 Å². The van der Waals surface area contributed by atoms with Crippen LogP contribution in [0.4, 0.5) is 4.39 Å². The Labute approximate surface area is 172 Å². The fraction of sp³-hybridized carbons (Fsp3) is 0.238. The van der Waals surface area contributed by atoms with Crippen molar-refractivity contribution >= 4 is 29.0 Å². The number of nitrogens with one attached hydrogen (secondary N) is 1. The molecule has 0 saturated heterocycles. The van der Waals surface area contributed by atoms with Crippen molar-refractivity contribution in [2.24, 2.45) is 0 Å². The van der Waals surface area contributed by atoms with E-state index in [0.29, 0.717) is 24.5 Å². The third kappa shape index (κ3) is 6.35. The average molecular weight is 417 g/mol. The van der Waals surface area contributed by atoms with Crippen molar-refractivity contribution < 1.29 is 13.9 Å². The van der Waals surface area contributed by atoms with Gasteiger partial charge in [-0.2, -0.15) is 0 Å². The zero-order chi connectivity index (χ0) is 19.8. The van der Waals surface area contributed by atoms with Crippen LogP contribution in [0.25, 0.3) is 0 Å². The van der Waals surface area contributed by atoms with Gasteiger partial charge in [0.2, 0.25) is 0 Å². The predicted molar refractivity (Wildman–Crippen MR) is 112 cm³/mol. The van der Waals surface area contributed by atoms with Crippen LogP contribution in [0.2, 0.25) is 0 Å². The summed E-state index contributed by atoms with van der Waals surface area (Å²) in [5.41, 5.74) is 1.45. The van der Waals surface area contributed by atoms with Crippen LogP contribution in [0.15, 0.2) is 58.8 Å². The lowest BCUT2D eigenvalue weighted by molar-refractivity contribution is 0.0953. The minimum Gasteiger partial charge on any atom is -0.487 e. The molecule has 1 N–H and O–H groups in total. The first-order valence-electron chi connectivity index (χ1n) is 8.90. The van der Waals surface area contributed by atoms with Crippen LogP contribution in [0.1, 0.15) is 27.5 Å². The normalized spacial score (nSPS) is 10.6. The first-order valence-corrected chi connectivity index (χ1v) is 10.8. The van der Waals surface area contributed by atoms with Gasteiger partial charge in [-0.1, -0.05) is 6.07 Å². The van der Waals surface area contributed by atoms with Gasteiger partial charge in [-0.3, -0.25) is 4.79 Å². The Morgan fingerprint density at radius 2 is 2.07 bits per heavy atom. The molecule has 1 aromatic heterocycles. The van der Waals surface area contributed by atoms with Crippen molar-refractivity contribution in [3.05, 3.63) is 76.0 Å². The summed E-state index contributed by atoms with van der Waals surface area (Å²) in [4.78, 5) is 17.7. The number of hydrogen-bond acceptors (Lipinski definition) is 5. The van der Waals surface area contributed by atoms with Crippen molar-refractivity contribution in [1.82, 2.24) is 10.3 Å².